The van der Waals surface area contributed by atoms with Gasteiger partial charge in [-0.1, -0.05) is 19.4 Å². The molecule has 1 heterocycles. The minimum absolute atomic E-state index is 0.610. The van der Waals surface area contributed by atoms with E-state index < -0.39 is 0 Å². The minimum atomic E-state index is 0.610. The van der Waals surface area contributed by atoms with Crippen LogP contribution in [-0.2, 0) is 0 Å². The van der Waals surface area contributed by atoms with E-state index in [1.54, 1.807) is 0 Å². The highest BCUT2D eigenvalue weighted by molar-refractivity contribution is 9.10. The van der Waals surface area contributed by atoms with Gasteiger partial charge in [-0.05, 0) is 53.9 Å². The van der Waals surface area contributed by atoms with Crippen LogP contribution in [0.25, 0.3) is 0 Å². The van der Waals surface area contributed by atoms with Gasteiger partial charge in [0.1, 0.15) is 5.82 Å². The number of nitrogens with one attached hydrogen (secondary N) is 2. The molecular formula is C16H21BrN4. The lowest BCUT2D eigenvalue weighted by molar-refractivity contribution is 0.830. The fraction of sp³-hybridized carbons (Fsp3) is 0.375. The molecule has 2 N–H and O–H groups in total. The standard InChI is InChI=1S/C16H21BrN4/c1-4-5-8-18-15-10-12(3)19-16(21-15)20-14-7-6-11(2)9-13(14)17/h6-7,9-10H,4-5,8H2,1-3H3,(H2,18,19,20,21). The highest BCUT2D eigenvalue weighted by atomic mass is 79.9. The van der Waals surface area contributed by atoms with Gasteiger partial charge in [-0.15, -0.1) is 0 Å². The van der Waals surface area contributed by atoms with Crippen LogP contribution in [0.5, 0.6) is 0 Å². The van der Waals surface area contributed by atoms with Crippen LogP contribution in [0, 0.1) is 13.8 Å². The number of aromatic nitrogens is 2. The number of aryl methyl sites for hydroxylation is 2. The van der Waals surface area contributed by atoms with Crippen molar-refractivity contribution >= 4 is 33.4 Å². The second-order valence-electron chi connectivity index (χ2n) is 5.11. The highest BCUT2D eigenvalue weighted by Gasteiger charge is 2.05. The number of nitrogens with zero attached hydrogens (tertiary/aromatic N) is 2. The molecule has 1 aromatic heterocycles. The van der Waals surface area contributed by atoms with Gasteiger partial charge in [0.2, 0.25) is 5.95 Å². The lowest BCUT2D eigenvalue weighted by Crippen LogP contribution is -2.06. The summed E-state index contributed by atoms with van der Waals surface area (Å²) in [6.07, 6.45) is 2.30. The van der Waals surface area contributed by atoms with Crippen molar-refractivity contribution < 1.29 is 0 Å². The van der Waals surface area contributed by atoms with E-state index in [-0.39, 0.29) is 0 Å². The maximum Gasteiger partial charge on any atom is 0.229 e. The number of halogens is 1. The van der Waals surface area contributed by atoms with E-state index in [0.717, 1.165) is 34.6 Å². The van der Waals surface area contributed by atoms with Crippen molar-refractivity contribution in [3.8, 4) is 0 Å². The molecule has 0 aliphatic carbocycles. The third-order valence-corrected chi connectivity index (χ3v) is 3.72. The van der Waals surface area contributed by atoms with Gasteiger partial charge < -0.3 is 10.6 Å². The zero-order chi connectivity index (χ0) is 15.2. The number of hydrogen-bond acceptors (Lipinski definition) is 4. The average Bonchev–Trinajstić information content (AvgIpc) is 2.42. The molecule has 0 unspecified atom stereocenters. The first-order valence-electron chi connectivity index (χ1n) is 7.21. The quantitative estimate of drug-likeness (QED) is 0.735. The minimum Gasteiger partial charge on any atom is -0.370 e. The van der Waals surface area contributed by atoms with Crippen molar-refractivity contribution in [2.24, 2.45) is 0 Å². The van der Waals surface area contributed by atoms with Gasteiger partial charge in [0.15, 0.2) is 0 Å². The van der Waals surface area contributed by atoms with Gasteiger partial charge in [-0.25, -0.2) is 4.98 Å². The fourth-order valence-electron chi connectivity index (χ4n) is 1.95. The summed E-state index contributed by atoms with van der Waals surface area (Å²) in [6, 6.07) is 8.11. The maximum absolute atomic E-state index is 4.51. The van der Waals surface area contributed by atoms with E-state index in [4.69, 9.17) is 0 Å². The second kappa shape index (κ2) is 7.41. The Labute approximate surface area is 134 Å². The van der Waals surface area contributed by atoms with E-state index in [1.807, 2.05) is 19.1 Å². The van der Waals surface area contributed by atoms with Crippen LogP contribution in [0.15, 0.2) is 28.7 Å². The topological polar surface area (TPSA) is 49.8 Å². The summed E-state index contributed by atoms with van der Waals surface area (Å²) in [7, 11) is 0. The van der Waals surface area contributed by atoms with Crippen LogP contribution < -0.4 is 10.6 Å². The molecule has 0 atom stereocenters. The molecule has 0 fully saturated rings. The largest absolute Gasteiger partial charge is 0.370 e. The summed E-state index contributed by atoms with van der Waals surface area (Å²) >= 11 is 3.56. The van der Waals surface area contributed by atoms with Crippen molar-refractivity contribution in [3.05, 3.63) is 40.0 Å². The molecule has 0 amide bonds. The summed E-state index contributed by atoms with van der Waals surface area (Å²) in [5.41, 5.74) is 3.11. The molecule has 0 bridgehead atoms. The van der Waals surface area contributed by atoms with Crippen molar-refractivity contribution in [3.63, 3.8) is 0 Å². The molecule has 0 aliphatic rings. The predicted octanol–water partition coefficient (Wildman–Crippen LogP) is 4.81. The van der Waals surface area contributed by atoms with Crippen molar-refractivity contribution in [1.29, 1.82) is 0 Å². The van der Waals surface area contributed by atoms with Crippen LogP contribution in [-0.4, -0.2) is 16.5 Å². The lowest BCUT2D eigenvalue weighted by Gasteiger charge is -2.11. The normalized spacial score (nSPS) is 10.5. The lowest BCUT2D eigenvalue weighted by atomic mass is 10.2. The van der Waals surface area contributed by atoms with Crippen molar-refractivity contribution in [1.82, 2.24) is 9.97 Å². The Morgan fingerprint density at radius 1 is 1.14 bits per heavy atom. The van der Waals surface area contributed by atoms with Crippen LogP contribution in [0.4, 0.5) is 17.5 Å². The summed E-state index contributed by atoms with van der Waals surface area (Å²) in [5.74, 6) is 1.47. The Morgan fingerprint density at radius 2 is 1.95 bits per heavy atom. The van der Waals surface area contributed by atoms with Gasteiger partial charge in [0.25, 0.3) is 0 Å². The first-order chi connectivity index (χ1) is 10.1. The monoisotopic (exact) mass is 348 g/mol. The zero-order valence-corrected chi connectivity index (χ0v) is 14.3. The van der Waals surface area contributed by atoms with Gasteiger partial charge in [0, 0.05) is 22.8 Å². The number of rotatable bonds is 6. The SMILES string of the molecule is CCCCNc1cc(C)nc(Nc2ccc(C)cc2Br)n1. The molecule has 0 spiro atoms. The number of anilines is 3. The predicted molar refractivity (Wildman–Crippen MR) is 92.3 cm³/mol. The van der Waals surface area contributed by atoms with Crippen LogP contribution in [0.3, 0.4) is 0 Å². The fourth-order valence-corrected chi connectivity index (χ4v) is 2.54. The van der Waals surface area contributed by atoms with Gasteiger partial charge >= 0.3 is 0 Å². The second-order valence-corrected chi connectivity index (χ2v) is 5.96. The Balaban J connectivity index is 2.15. The molecule has 1 aromatic carbocycles. The van der Waals surface area contributed by atoms with E-state index in [0.29, 0.717) is 5.95 Å². The summed E-state index contributed by atoms with van der Waals surface area (Å²) in [4.78, 5) is 8.95. The molecule has 2 aromatic rings. The molecule has 5 heteroatoms. The van der Waals surface area contributed by atoms with Crippen LogP contribution in [0.2, 0.25) is 0 Å². The third-order valence-electron chi connectivity index (χ3n) is 3.06. The molecule has 0 saturated carbocycles. The first-order valence-corrected chi connectivity index (χ1v) is 8.00. The molecule has 0 radical (unpaired) electrons. The Morgan fingerprint density at radius 3 is 2.67 bits per heavy atom. The number of benzene rings is 1. The van der Waals surface area contributed by atoms with E-state index in [9.17, 15) is 0 Å². The van der Waals surface area contributed by atoms with Crippen molar-refractivity contribution in [2.45, 2.75) is 33.6 Å². The average molecular weight is 349 g/mol. The highest BCUT2D eigenvalue weighted by Crippen LogP contribution is 2.26. The number of hydrogen-bond donors (Lipinski definition) is 2. The Kier molecular flexibility index (Phi) is 5.56. The van der Waals surface area contributed by atoms with Crippen molar-refractivity contribution in [2.75, 3.05) is 17.2 Å². The van der Waals surface area contributed by atoms with E-state index in [2.05, 4.69) is 62.5 Å². The zero-order valence-electron chi connectivity index (χ0n) is 12.7. The van der Waals surface area contributed by atoms with Crippen LogP contribution in [0.1, 0.15) is 31.0 Å². The van der Waals surface area contributed by atoms with Gasteiger partial charge in [-0.2, -0.15) is 4.98 Å². The van der Waals surface area contributed by atoms with E-state index >= 15 is 0 Å². The van der Waals surface area contributed by atoms with Gasteiger partial charge in [-0.3, -0.25) is 0 Å². The smallest absolute Gasteiger partial charge is 0.229 e. The third kappa shape index (κ3) is 4.70. The number of unbranched alkanes of at least 4 members (excludes halogenated alkanes) is 1. The molecule has 0 saturated heterocycles. The van der Waals surface area contributed by atoms with E-state index in [1.165, 1.54) is 12.0 Å². The molecule has 2 rings (SSSR count). The molecule has 21 heavy (non-hydrogen) atoms. The summed E-state index contributed by atoms with van der Waals surface area (Å²) in [6.45, 7) is 7.14. The summed E-state index contributed by atoms with van der Waals surface area (Å²) in [5, 5.41) is 6.60. The van der Waals surface area contributed by atoms with Crippen LogP contribution >= 0.6 is 15.9 Å². The molecular weight excluding hydrogens is 328 g/mol. The first kappa shape index (κ1) is 15.8. The maximum atomic E-state index is 4.51. The molecule has 4 nitrogen and oxygen atoms in total. The Bertz CT molecular complexity index is 613. The molecule has 0 aliphatic heterocycles. The van der Waals surface area contributed by atoms with Gasteiger partial charge in [0.05, 0.1) is 5.69 Å². The Hall–Kier alpha value is -1.62. The molecule has 112 valence electrons. The summed E-state index contributed by atoms with van der Waals surface area (Å²) < 4.78 is 1.01.